The molecule has 0 aliphatic rings. The molecule has 1 N–H and O–H groups in total. The Bertz CT molecular complexity index is 126. The highest BCUT2D eigenvalue weighted by atomic mass is 17.1. The molecule has 0 aromatic carbocycles. The van der Waals surface area contributed by atoms with E-state index in [0.29, 0.717) is 0 Å². The first-order chi connectivity index (χ1) is 5.35. The standard InChI is InChI=1S/C7H10O2.C2H6/c1-3-5-7(4-2)6-9-8;1-2/h3-5,8H,1-2,6H2;1-2H3/b7-5+;. The Kier molecular flexibility index (Phi) is 13.8. The highest BCUT2D eigenvalue weighted by molar-refractivity contribution is 5.21. The third-order valence-electron chi connectivity index (χ3n) is 0.825. The van der Waals surface area contributed by atoms with Gasteiger partial charge >= 0.3 is 0 Å². The van der Waals surface area contributed by atoms with Gasteiger partial charge in [0, 0.05) is 0 Å². The molecule has 0 atom stereocenters. The van der Waals surface area contributed by atoms with E-state index in [2.05, 4.69) is 18.0 Å². The lowest BCUT2D eigenvalue weighted by atomic mass is 10.2. The zero-order valence-corrected chi connectivity index (χ0v) is 7.21. The minimum atomic E-state index is 0.162. The van der Waals surface area contributed by atoms with Crippen LogP contribution in [0.5, 0.6) is 0 Å². The smallest absolute Gasteiger partial charge is 0.107 e. The SMILES string of the molecule is C=C/C=C(\C=C)COO.CC. The highest BCUT2D eigenvalue weighted by Crippen LogP contribution is 1.94. The molecule has 11 heavy (non-hydrogen) atoms. The monoisotopic (exact) mass is 156 g/mol. The first-order valence-corrected chi connectivity index (χ1v) is 3.55. The average Bonchev–Trinajstić information content (AvgIpc) is 2.08. The summed E-state index contributed by atoms with van der Waals surface area (Å²) in [7, 11) is 0. The summed E-state index contributed by atoms with van der Waals surface area (Å²) in [5.41, 5.74) is 0.799. The quantitative estimate of drug-likeness (QED) is 0.385. The minimum Gasteiger partial charge on any atom is -0.251 e. The Morgan fingerprint density at radius 1 is 1.45 bits per heavy atom. The van der Waals surface area contributed by atoms with Crippen molar-refractivity contribution in [3.8, 4) is 0 Å². The molecule has 0 radical (unpaired) electrons. The van der Waals surface area contributed by atoms with Gasteiger partial charge in [0.05, 0.1) is 0 Å². The third kappa shape index (κ3) is 9.14. The fraction of sp³-hybridized carbons (Fsp3) is 0.333. The number of hydrogen-bond donors (Lipinski definition) is 1. The van der Waals surface area contributed by atoms with Gasteiger partial charge in [0.1, 0.15) is 6.61 Å². The molecule has 0 spiro atoms. The largest absolute Gasteiger partial charge is 0.251 e. The molecule has 0 heterocycles. The number of hydrogen-bond acceptors (Lipinski definition) is 2. The van der Waals surface area contributed by atoms with Crippen molar-refractivity contribution >= 4 is 0 Å². The third-order valence-corrected chi connectivity index (χ3v) is 0.825. The first kappa shape index (κ1) is 12.8. The van der Waals surface area contributed by atoms with Gasteiger partial charge in [-0.25, -0.2) is 4.89 Å². The summed E-state index contributed by atoms with van der Waals surface area (Å²) in [6.45, 7) is 11.1. The lowest BCUT2D eigenvalue weighted by molar-refractivity contribution is -0.233. The van der Waals surface area contributed by atoms with E-state index in [1.807, 2.05) is 13.8 Å². The second kappa shape index (κ2) is 11.9. The van der Waals surface area contributed by atoms with Crippen LogP contribution < -0.4 is 0 Å². The summed E-state index contributed by atoms with van der Waals surface area (Å²) in [6, 6.07) is 0. The van der Waals surface area contributed by atoms with Crippen LogP contribution in [-0.2, 0) is 4.89 Å². The Morgan fingerprint density at radius 2 is 2.00 bits per heavy atom. The van der Waals surface area contributed by atoms with Gasteiger partial charge in [0.15, 0.2) is 0 Å². The predicted molar refractivity (Wildman–Crippen MR) is 48.4 cm³/mol. The van der Waals surface area contributed by atoms with E-state index in [1.165, 1.54) is 0 Å². The van der Waals surface area contributed by atoms with E-state index in [1.54, 1.807) is 18.2 Å². The zero-order chi connectivity index (χ0) is 9.11. The van der Waals surface area contributed by atoms with Gasteiger partial charge in [0.25, 0.3) is 0 Å². The van der Waals surface area contributed by atoms with E-state index in [0.717, 1.165) is 5.57 Å². The normalized spacial score (nSPS) is 9.55. The van der Waals surface area contributed by atoms with E-state index in [-0.39, 0.29) is 6.61 Å². The van der Waals surface area contributed by atoms with Gasteiger partial charge < -0.3 is 0 Å². The molecule has 2 nitrogen and oxygen atoms in total. The maximum atomic E-state index is 7.97. The van der Waals surface area contributed by atoms with Crippen LogP contribution >= 0.6 is 0 Å². The molecule has 0 fully saturated rings. The number of allylic oxidation sites excluding steroid dienone is 2. The van der Waals surface area contributed by atoms with Gasteiger partial charge in [0.2, 0.25) is 0 Å². The van der Waals surface area contributed by atoms with Crippen molar-refractivity contribution < 1.29 is 10.1 Å². The molecular weight excluding hydrogens is 140 g/mol. The second-order valence-corrected chi connectivity index (χ2v) is 1.45. The van der Waals surface area contributed by atoms with Crippen molar-refractivity contribution in [2.75, 3.05) is 6.61 Å². The molecule has 0 aliphatic heterocycles. The Balaban J connectivity index is 0. The van der Waals surface area contributed by atoms with E-state index >= 15 is 0 Å². The van der Waals surface area contributed by atoms with Crippen LogP contribution in [0.2, 0.25) is 0 Å². The van der Waals surface area contributed by atoms with Crippen LogP contribution in [0.25, 0.3) is 0 Å². The van der Waals surface area contributed by atoms with Crippen LogP contribution in [0.4, 0.5) is 0 Å². The molecule has 0 unspecified atom stereocenters. The molecular formula is C9H16O2. The van der Waals surface area contributed by atoms with Gasteiger partial charge in [-0.3, -0.25) is 5.26 Å². The summed E-state index contributed by atoms with van der Waals surface area (Å²) in [4.78, 5) is 3.86. The maximum absolute atomic E-state index is 7.97. The summed E-state index contributed by atoms with van der Waals surface area (Å²) in [6.07, 6.45) is 4.91. The maximum Gasteiger partial charge on any atom is 0.107 e. The summed E-state index contributed by atoms with van der Waals surface area (Å²) in [5, 5.41) is 7.97. The van der Waals surface area contributed by atoms with Gasteiger partial charge in [-0.15, -0.1) is 0 Å². The van der Waals surface area contributed by atoms with Crippen LogP contribution in [0, 0.1) is 0 Å². The average molecular weight is 156 g/mol. The highest BCUT2D eigenvalue weighted by Gasteiger charge is 1.86. The zero-order valence-electron chi connectivity index (χ0n) is 7.21. The van der Waals surface area contributed by atoms with Crippen LogP contribution in [0.1, 0.15) is 13.8 Å². The van der Waals surface area contributed by atoms with Crippen molar-refractivity contribution in [2.24, 2.45) is 0 Å². The molecule has 0 bridgehead atoms. The molecule has 2 heteroatoms. The summed E-state index contributed by atoms with van der Waals surface area (Å²) in [5.74, 6) is 0. The van der Waals surface area contributed by atoms with Crippen molar-refractivity contribution in [3.05, 3.63) is 37.0 Å². The van der Waals surface area contributed by atoms with Gasteiger partial charge in [-0.2, -0.15) is 0 Å². The molecule has 0 amide bonds. The van der Waals surface area contributed by atoms with Gasteiger partial charge in [-0.05, 0) is 5.57 Å². The number of rotatable bonds is 4. The van der Waals surface area contributed by atoms with Crippen LogP contribution in [0.3, 0.4) is 0 Å². The molecule has 0 aliphatic carbocycles. The Morgan fingerprint density at radius 3 is 2.27 bits per heavy atom. The molecule has 64 valence electrons. The fourth-order valence-electron chi connectivity index (χ4n) is 0.401. The van der Waals surface area contributed by atoms with Gasteiger partial charge in [-0.1, -0.05) is 45.2 Å². The van der Waals surface area contributed by atoms with Crippen molar-refractivity contribution in [2.45, 2.75) is 13.8 Å². The first-order valence-electron chi connectivity index (χ1n) is 3.55. The molecule has 0 saturated heterocycles. The summed E-state index contributed by atoms with van der Waals surface area (Å²) >= 11 is 0. The predicted octanol–water partition coefficient (Wildman–Crippen LogP) is 2.80. The lowest BCUT2D eigenvalue weighted by Crippen LogP contribution is -1.89. The fourth-order valence-corrected chi connectivity index (χ4v) is 0.401. The Hall–Kier alpha value is -0.860. The molecule has 0 aromatic heterocycles. The minimum absolute atomic E-state index is 0.162. The van der Waals surface area contributed by atoms with E-state index < -0.39 is 0 Å². The molecule has 0 rings (SSSR count). The van der Waals surface area contributed by atoms with Crippen LogP contribution in [-0.4, -0.2) is 11.9 Å². The van der Waals surface area contributed by atoms with Crippen molar-refractivity contribution in [3.63, 3.8) is 0 Å². The van der Waals surface area contributed by atoms with Crippen molar-refractivity contribution in [1.82, 2.24) is 0 Å². The topological polar surface area (TPSA) is 29.5 Å². The molecule has 0 aromatic rings. The van der Waals surface area contributed by atoms with E-state index in [9.17, 15) is 0 Å². The summed E-state index contributed by atoms with van der Waals surface area (Å²) < 4.78 is 0. The van der Waals surface area contributed by atoms with Crippen LogP contribution in [0.15, 0.2) is 37.0 Å². The van der Waals surface area contributed by atoms with E-state index in [4.69, 9.17) is 5.26 Å². The Labute approximate surface area is 68.4 Å². The van der Waals surface area contributed by atoms with Crippen molar-refractivity contribution in [1.29, 1.82) is 0 Å². The second-order valence-electron chi connectivity index (χ2n) is 1.45. The molecule has 0 saturated carbocycles. The lowest BCUT2D eigenvalue weighted by Gasteiger charge is -1.93.